The molecule has 0 aliphatic heterocycles. The summed E-state index contributed by atoms with van der Waals surface area (Å²) in [7, 11) is 0. The minimum atomic E-state index is -0.643. The molecule has 0 atom stereocenters. The minimum Gasteiger partial charge on any atom is -0.385 e. The van der Waals surface area contributed by atoms with Crippen LogP contribution < -0.4 is 5.43 Å². The molecule has 1 fully saturated rings. The van der Waals surface area contributed by atoms with E-state index < -0.39 is 5.60 Å². The van der Waals surface area contributed by atoms with E-state index in [1.807, 2.05) is 30.3 Å². The summed E-state index contributed by atoms with van der Waals surface area (Å²) < 4.78 is 0. The number of rotatable bonds is 3. The number of hydrogen-bond donors (Lipinski definition) is 2. The monoisotopic (exact) mass is 284 g/mol. The Bertz CT molecular complexity index is 527. The maximum absolute atomic E-state index is 11.0. The normalized spacial score (nSPS) is 23.7. The second-order valence-corrected chi connectivity index (χ2v) is 6.14. The van der Waals surface area contributed by atoms with Crippen molar-refractivity contribution < 1.29 is 5.11 Å². The number of nitrogens with zero attached hydrogens (tertiary/aromatic N) is 1. The van der Waals surface area contributed by atoms with E-state index in [4.69, 9.17) is 0 Å². The van der Waals surface area contributed by atoms with Crippen molar-refractivity contribution in [3.8, 4) is 0 Å². The van der Waals surface area contributed by atoms with Crippen LogP contribution in [0, 0.1) is 0 Å². The zero-order valence-electron chi connectivity index (χ0n) is 12.5. The van der Waals surface area contributed by atoms with Gasteiger partial charge in [-0.1, -0.05) is 43.5 Å². The van der Waals surface area contributed by atoms with Gasteiger partial charge in [0.05, 0.1) is 17.0 Å². The highest BCUT2D eigenvalue weighted by molar-refractivity contribution is 6.02. The van der Waals surface area contributed by atoms with Crippen molar-refractivity contribution in [3.05, 3.63) is 42.0 Å². The van der Waals surface area contributed by atoms with Crippen molar-refractivity contribution in [1.82, 2.24) is 0 Å². The predicted molar refractivity (Wildman–Crippen MR) is 87.5 cm³/mol. The molecular formula is C18H24N2O. The summed E-state index contributed by atoms with van der Waals surface area (Å²) >= 11 is 0. The number of hydrazone groups is 1. The maximum Gasteiger partial charge on any atom is 0.0911 e. The van der Waals surface area contributed by atoms with Crippen molar-refractivity contribution in [3.63, 3.8) is 0 Å². The fourth-order valence-corrected chi connectivity index (χ4v) is 3.39. The van der Waals surface area contributed by atoms with Crippen molar-refractivity contribution in [2.24, 2.45) is 5.10 Å². The first kappa shape index (κ1) is 14.3. The standard InChI is InChI=1S/C18H24N2O/c21-18(13-7-2-8-14-18)16-11-5-6-12-17(16)20-19-15-9-3-1-4-10-15/h1,3-4,9-11,19,21H,2,5-8,12-14H2. The molecule has 0 saturated heterocycles. The Morgan fingerprint density at radius 2 is 1.76 bits per heavy atom. The largest absolute Gasteiger partial charge is 0.385 e. The number of para-hydroxylation sites is 1. The van der Waals surface area contributed by atoms with Crippen LogP contribution in [0.3, 0.4) is 0 Å². The fourth-order valence-electron chi connectivity index (χ4n) is 3.39. The number of hydrogen-bond acceptors (Lipinski definition) is 3. The van der Waals surface area contributed by atoms with Gasteiger partial charge in [0.1, 0.15) is 0 Å². The Hall–Kier alpha value is -1.61. The van der Waals surface area contributed by atoms with Gasteiger partial charge in [-0.15, -0.1) is 0 Å². The molecule has 0 radical (unpaired) electrons. The highest BCUT2D eigenvalue weighted by Gasteiger charge is 2.36. The molecule has 0 bridgehead atoms. The maximum atomic E-state index is 11.0. The summed E-state index contributed by atoms with van der Waals surface area (Å²) in [6.07, 6.45) is 10.6. The second kappa shape index (κ2) is 6.44. The molecule has 2 aliphatic rings. The van der Waals surface area contributed by atoms with E-state index in [1.165, 1.54) is 6.42 Å². The number of nitrogens with one attached hydrogen (secondary N) is 1. The van der Waals surface area contributed by atoms with Crippen LogP contribution in [0.2, 0.25) is 0 Å². The molecule has 0 spiro atoms. The summed E-state index contributed by atoms with van der Waals surface area (Å²) in [5.41, 5.74) is 5.60. The first-order valence-corrected chi connectivity index (χ1v) is 8.09. The molecule has 0 heterocycles. The topological polar surface area (TPSA) is 44.6 Å². The smallest absolute Gasteiger partial charge is 0.0911 e. The van der Waals surface area contributed by atoms with Crippen LogP contribution >= 0.6 is 0 Å². The molecule has 1 aromatic carbocycles. The molecule has 0 amide bonds. The lowest BCUT2D eigenvalue weighted by Crippen LogP contribution is -2.38. The van der Waals surface area contributed by atoms with E-state index in [-0.39, 0.29) is 0 Å². The third-order valence-corrected chi connectivity index (χ3v) is 4.55. The van der Waals surface area contributed by atoms with E-state index in [9.17, 15) is 5.11 Å². The number of anilines is 1. The molecule has 0 aromatic heterocycles. The third kappa shape index (κ3) is 3.35. The molecule has 0 unspecified atom stereocenters. The molecule has 3 heteroatoms. The van der Waals surface area contributed by atoms with Crippen LogP contribution in [-0.2, 0) is 0 Å². The van der Waals surface area contributed by atoms with Gasteiger partial charge in [-0.2, -0.15) is 5.10 Å². The number of benzene rings is 1. The average molecular weight is 284 g/mol. The second-order valence-electron chi connectivity index (χ2n) is 6.14. The third-order valence-electron chi connectivity index (χ3n) is 4.55. The van der Waals surface area contributed by atoms with Crippen molar-refractivity contribution in [1.29, 1.82) is 0 Å². The quantitative estimate of drug-likeness (QED) is 0.815. The lowest BCUT2D eigenvalue weighted by Gasteiger charge is -2.36. The number of aliphatic hydroxyl groups is 1. The Kier molecular flexibility index (Phi) is 4.39. The molecule has 3 rings (SSSR count). The van der Waals surface area contributed by atoms with E-state index in [2.05, 4.69) is 16.6 Å². The molecule has 1 aromatic rings. The molecule has 2 N–H and O–H groups in total. The van der Waals surface area contributed by atoms with Crippen molar-refractivity contribution in [2.45, 2.75) is 57.0 Å². The zero-order valence-corrected chi connectivity index (χ0v) is 12.5. The van der Waals surface area contributed by atoms with Gasteiger partial charge < -0.3 is 5.11 Å². The Balaban J connectivity index is 1.79. The molecule has 2 aliphatic carbocycles. The highest BCUT2D eigenvalue weighted by Crippen LogP contribution is 2.37. The molecular weight excluding hydrogens is 260 g/mol. The predicted octanol–water partition coefficient (Wildman–Crippen LogP) is 4.26. The van der Waals surface area contributed by atoms with E-state index >= 15 is 0 Å². The van der Waals surface area contributed by atoms with Crippen LogP contribution in [0.1, 0.15) is 51.4 Å². The van der Waals surface area contributed by atoms with Gasteiger partial charge in [0, 0.05) is 5.57 Å². The van der Waals surface area contributed by atoms with E-state index in [0.29, 0.717) is 0 Å². The molecule has 112 valence electrons. The van der Waals surface area contributed by atoms with Crippen LogP contribution in [-0.4, -0.2) is 16.4 Å². The lowest BCUT2D eigenvalue weighted by atomic mass is 9.75. The summed E-state index contributed by atoms with van der Waals surface area (Å²) in [6, 6.07) is 10.00. The van der Waals surface area contributed by atoms with Gasteiger partial charge >= 0.3 is 0 Å². The Labute approximate surface area is 126 Å². The number of allylic oxidation sites excluding steroid dienone is 1. The SMILES string of the molecule is OC1(C2=CCCCC2=NNc2ccccc2)CCCCC1. The van der Waals surface area contributed by atoms with E-state index in [0.717, 1.165) is 61.9 Å². The first-order chi connectivity index (χ1) is 10.3. The molecule has 3 nitrogen and oxygen atoms in total. The van der Waals surface area contributed by atoms with Gasteiger partial charge in [-0.05, 0) is 44.2 Å². The summed E-state index contributed by atoms with van der Waals surface area (Å²) in [4.78, 5) is 0. The highest BCUT2D eigenvalue weighted by atomic mass is 16.3. The molecule has 21 heavy (non-hydrogen) atoms. The Morgan fingerprint density at radius 3 is 2.52 bits per heavy atom. The summed E-state index contributed by atoms with van der Waals surface area (Å²) in [5, 5.41) is 15.6. The fraction of sp³-hybridized carbons (Fsp3) is 0.500. The summed E-state index contributed by atoms with van der Waals surface area (Å²) in [6.45, 7) is 0. The van der Waals surface area contributed by atoms with Crippen LogP contribution in [0.5, 0.6) is 0 Å². The van der Waals surface area contributed by atoms with Crippen LogP contribution in [0.15, 0.2) is 47.1 Å². The van der Waals surface area contributed by atoms with Gasteiger partial charge in [-0.3, -0.25) is 5.43 Å². The van der Waals surface area contributed by atoms with Gasteiger partial charge in [0.2, 0.25) is 0 Å². The van der Waals surface area contributed by atoms with Gasteiger partial charge in [-0.25, -0.2) is 0 Å². The zero-order chi connectivity index (χ0) is 14.5. The Morgan fingerprint density at radius 1 is 1.00 bits per heavy atom. The average Bonchev–Trinajstić information content (AvgIpc) is 2.55. The summed E-state index contributed by atoms with van der Waals surface area (Å²) in [5.74, 6) is 0. The molecule has 1 saturated carbocycles. The van der Waals surface area contributed by atoms with Crippen LogP contribution in [0.4, 0.5) is 5.69 Å². The van der Waals surface area contributed by atoms with E-state index in [1.54, 1.807) is 0 Å². The van der Waals surface area contributed by atoms with Crippen molar-refractivity contribution >= 4 is 11.4 Å². The lowest BCUT2D eigenvalue weighted by molar-refractivity contribution is 0.0443. The first-order valence-electron chi connectivity index (χ1n) is 8.09. The van der Waals surface area contributed by atoms with Crippen LogP contribution in [0.25, 0.3) is 0 Å². The van der Waals surface area contributed by atoms with Crippen molar-refractivity contribution in [2.75, 3.05) is 5.43 Å². The van der Waals surface area contributed by atoms with Gasteiger partial charge in [0.15, 0.2) is 0 Å². The minimum absolute atomic E-state index is 0.643. The van der Waals surface area contributed by atoms with Gasteiger partial charge in [0.25, 0.3) is 0 Å².